The fraction of sp³-hybridized carbons (Fsp3) is 0.303. The zero-order valence-corrected chi connectivity index (χ0v) is 24.9. The first-order valence-corrected chi connectivity index (χ1v) is 14.2. The normalized spacial score (nSPS) is 13.9. The summed E-state index contributed by atoms with van der Waals surface area (Å²) in [6, 6.07) is 14.8. The molecule has 45 heavy (non-hydrogen) atoms. The van der Waals surface area contributed by atoms with E-state index in [4.69, 9.17) is 4.74 Å². The van der Waals surface area contributed by atoms with E-state index in [1.54, 1.807) is 31.2 Å². The molecule has 1 fully saturated rings. The average molecular weight is 624 g/mol. The maximum Gasteiger partial charge on any atom is 0.416 e. The van der Waals surface area contributed by atoms with Crippen LogP contribution in [-0.4, -0.2) is 66.1 Å². The second-order valence-corrected chi connectivity index (χ2v) is 10.7. The third-order valence-electron chi connectivity index (χ3n) is 7.38. The van der Waals surface area contributed by atoms with Crippen LogP contribution in [0.3, 0.4) is 0 Å². The summed E-state index contributed by atoms with van der Waals surface area (Å²) in [6.45, 7) is 1.63. The van der Waals surface area contributed by atoms with Gasteiger partial charge in [0.15, 0.2) is 0 Å². The number of ether oxygens (including phenoxy) is 1. The van der Waals surface area contributed by atoms with Crippen LogP contribution in [-0.2, 0) is 31.7 Å². The van der Waals surface area contributed by atoms with Gasteiger partial charge in [-0.2, -0.15) is 13.2 Å². The van der Waals surface area contributed by atoms with Gasteiger partial charge in [-0.1, -0.05) is 43.3 Å². The van der Waals surface area contributed by atoms with Crippen molar-refractivity contribution < 1.29 is 41.9 Å². The lowest BCUT2D eigenvalue weighted by atomic mass is 9.97. The predicted molar refractivity (Wildman–Crippen MR) is 159 cm³/mol. The lowest BCUT2D eigenvalue weighted by Gasteiger charge is -2.24. The van der Waals surface area contributed by atoms with Crippen LogP contribution in [0.4, 0.5) is 18.9 Å². The first-order chi connectivity index (χ1) is 21.3. The van der Waals surface area contributed by atoms with Gasteiger partial charge in [0.05, 0.1) is 29.3 Å². The van der Waals surface area contributed by atoms with E-state index in [-0.39, 0.29) is 54.5 Å². The van der Waals surface area contributed by atoms with Gasteiger partial charge >= 0.3 is 12.1 Å². The van der Waals surface area contributed by atoms with E-state index in [1.165, 1.54) is 49.3 Å². The molecule has 0 radical (unpaired) electrons. The Morgan fingerprint density at radius 2 is 1.58 bits per heavy atom. The van der Waals surface area contributed by atoms with Gasteiger partial charge in [0.25, 0.3) is 11.8 Å². The number of nitrogens with one attached hydrogen (secondary N) is 1. The van der Waals surface area contributed by atoms with Gasteiger partial charge in [-0.3, -0.25) is 28.9 Å². The fourth-order valence-corrected chi connectivity index (χ4v) is 4.97. The zero-order valence-electron chi connectivity index (χ0n) is 24.9. The number of esters is 1. The standard InChI is InChI=1S/C33H32F3N3O6/c1-4-23(39-28(40)15-16-29(39)41)19-45-30(42)18-20-9-14-27(26(17-20)32(44)38(2)3)37-31(43)25-8-6-5-7-24(25)21-10-12-22(13-11-21)33(34,35)36/h5-14,17,23H,4,15-16,18-19H2,1-3H3,(H,37,43)/t23-/m0/s1. The van der Waals surface area contributed by atoms with Crippen LogP contribution < -0.4 is 5.32 Å². The highest BCUT2D eigenvalue weighted by Gasteiger charge is 2.35. The van der Waals surface area contributed by atoms with Crippen LogP contribution in [0.5, 0.6) is 0 Å². The van der Waals surface area contributed by atoms with E-state index in [2.05, 4.69) is 5.32 Å². The quantitative estimate of drug-likeness (QED) is 0.241. The Hall–Kier alpha value is -5.00. The molecule has 3 aromatic rings. The third kappa shape index (κ3) is 7.75. The molecular weight excluding hydrogens is 591 g/mol. The Morgan fingerprint density at radius 3 is 2.18 bits per heavy atom. The Labute approximate surface area is 258 Å². The van der Waals surface area contributed by atoms with Gasteiger partial charge in [0, 0.05) is 32.5 Å². The smallest absolute Gasteiger partial charge is 0.416 e. The van der Waals surface area contributed by atoms with Gasteiger partial charge < -0.3 is 15.0 Å². The summed E-state index contributed by atoms with van der Waals surface area (Å²) in [5, 5.41) is 2.72. The van der Waals surface area contributed by atoms with Gasteiger partial charge in [-0.15, -0.1) is 0 Å². The topological polar surface area (TPSA) is 113 Å². The van der Waals surface area contributed by atoms with Crippen molar-refractivity contribution in [2.75, 3.05) is 26.0 Å². The van der Waals surface area contributed by atoms with Crippen LogP contribution >= 0.6 is 0 Å². The van der Waals surface area contributed by atoms with E-state index in [9.17, 15) is 37.1 Å². The minimum Gasteiger partial charge on any atom is -0.463 e. The number of nitrogens with zero attached hydrogens (tertiary/aromatic N) is 2. The van der Waals surface area contributed by atoms with Gasteiger partial charge in [0.1, 0.15) is 6.61 Å². The first-order valence-electron chi connectivity index (χ1n) is 14.2. The number of benzene rings is 3. The predicted octanol–water partition coefficient (Wildman–Crippen LogP) is 5.34. The lowest BCUT2D eigenvalue weighted by molar-refractivity contribution is -0.151. The van der Waals surface area contributed by atoms with E-state index >= 15 is 0 Å². The van der Waals surface area contributed by atoms with E-state index in [1.807, 2.05) is 0 Å². The van der Waals surface area contributed by atoms with Crippen molar-refractivity contribution in [3.63, 3.8) is 0 Å². The monoisotopic (exact) mass is 623 g/mol. The Bertz CT molecular complexity index is 1600. The van der Waals surface area contributed by atoms with Crippen molar-refractivity contribution in [3.8, 4) is 11.1 Å². The number of alkyl halides is 3. The summed E-state index contributed by atoms with van der Waals surface area (Å²) in [7, 11) is 3.06. The molecule has 1 N–H and O–H groups in total. The highest BCUT2D eigenvalue weighted by Crippen LogP contribution is 2.32. The van der Waals surface area contributed by atoms with Gasteiger partial charge in [-0.25, -0.2) is 0 Å². The molecule has 0 saturated carbocycles. The molecular formula is C33H32F3N3O6. The molecule has 12 heteroatoms. The largest absolute Gasteiger partial charge is 0.463 e. The minimum absolute atomic E-state index is 0.102. The number of halogens is 3. The molecule has 236 valence electrons. The first kappa shape index (κ1) is 32.9. The number of hydrogen-bond donors (Lipinski definition) is 1. The molecule has 4 amide bonds. The van der Waals surface area contributed by atoms with Crippen molar-refractivity contribution in [3.05, 3.63) is 89.0 Å². The number of hydrogen-bond acceptors (Lipinski definition) is 6. The van der Waals surface area contributed by atoms with Crippen LogP contribution in [0.1, 0.15) is 58.0 Å². The van der Waals surface area contributed by atoms with Crippen molar-refractivity contribution in [1.82, 2.24) is 9.80 Å². The molecule has 0 aromatic heterocycles. The summed E-state index contributed by atoms with van der Waals surface area (Å²) >= 11 is 0. The number of carbonyl (C=O) groups is 5. The molecule has 3 aromatic carbocycles. The van der Waals surface area contributed by atoms with Crippen molar-refractivity contribution in [1.29, 1.82) is 0 Å². The summed E-state index contributed by atoms with van der Waals surface area (Å²) in [4.78, 5) is 65.8. The van der Waals surface area contributed by atoms with Gasteiger partial charge in [-0.05, 0) is 53.4 Å². The number of imide groups is 1. The Balaban J connectivity index is 1.52. The molecule has 0 spiro atoms. The lowest BCUT2D eigenvalue weighted by Crippen LogP contribution is -2.42. The van der Waals surface area contributed by atoms with Crippen molar-refractivity contribution in [2.24, 2.45) is 0 Å². The summed E-state index contributed by atoms with van der Waals surface area (Å²) in [6.07, 6.45) is -4.02. The van der Waals surface area contributed by atoms with Crippen LogP contribution in [0, 0.1) is 0 Å². The second kappa shape index (κ2) is 13.7. The second-order valence-electron chi connectivity index (χ2n) is 10.7. The molecule has 1 aliphatic heterocycles. The Kier molecular flexibility index (Phi) is 10.1. The molecule has 1 heterocycles. The fourth-order valence-electron chi connectivity index (χ4n) is 4.97. The molecule has 0 bridgehead atoms. The highest BCUT2D eigenvalue weighted by atomic mass is 19.4. The SMILES string of the molecule is CC[C@@H](COC(=O)Cc1ccc(NC(=O)c2ccccc2-c2ccc(C(F)(F)F)cc2)c(C(=O)N(C)C)c1)N1C(=O)CCC1=O. The van der Waals surface area contributed by atoms with E-state index in [0.29, 0.717) is 23.1 Å². The highest BCUT2D eigenvalue weighted by molar-refractivity contribution is 6.12. The molecule has 1 atom stereocenters. The summed E-state index contributed by atoms with van der Waals surface area (Å²) < 4.78 is 44.5. The third-order valence-corrected chi connectivity index (χ3v) is 7.38. The molecule has 4 rings (SSSR count). The molecule has 0 unspecified atom stereocenters. The molecule has 1 saturated heterocycles. The number of carbonyl (C=O) groups excluding carboxylic acids is 5. The average Bonchev–Trinajstić information content (AvgIpc) is 3.34. The number of amides is 4. The van der Waals surface area contributed by atoms with E-state index in [0.717, 1.165) is 17.0 Å². The minimum atomic E-state index is -4.50. The van der Waals surface area contributed by atoms with Crippen molar-refractivity contribution in [2.45, 2.75) is 44.8 Å². The molecule has 1 aliphatic rings. The summed E-state index contributed by atoms with van der Waals surface area (Å²) in [5.74, 6) is -2.27. The van der Waals surface area contributed by atoms with Crippen molar-refractivity contribution >= 4 is 35.3 Å². The van der Waals surface area contributed by atoms with Crippen LogP contribution in [0.25, 0.3) is 11.1 Å². The molecule has 0 aliphatic carbocycles. The Morgan fingerprint density at radius 1 is 0.933 bits per heavy atom. The van der Waals surface area contributed by atoms with E-state index < -0.39 is 35.6 Å². The number of likely N-dealkylation sites (tertiary alicyclic amines) is 1. The molecule has 9 nitrogen and oxygen atoms in total. The number of anilines is 1. The maximum atomic E-state index is 13.4. The van der Waals surface area contributed by atoms with Crippen LogP contribution in [0.2, 0.25) is 0 Å². The summed E-state index contributed by atoms with van der Waals surface area (Å²) in [5.41, 5.74) is 0.845. The maximum absolute atomic E-state index is 13.4. The van der Waals surface area contributed by atoms with Crippen LogP contribution in [0.15, 0.2) is 66.7 Å². The number of rotatable bonds is 10. The van der Waals surface area contributed by atoms with Gasteiger partial charge in [0.2, 0.25) is 11.8 Å². The zero-order chi connectivity index (χ0) is 32.9.